The molecule has 6 heteroatoms. The number of likely N-dealkylation sites (N-methyl/N-ethyl adjacent to an activating group) is 1. The first kappa shape index (κ1) is 17.8. The van der Waals surface area contributed by atoms with Crippen LogP contribution in [0.3, 0.4) is 0 Å². The smallest absolute Gasteiger partial charge is 0.254 e. The minimum Gasteiger partial charge on any atom is -0.382 e. The molecule has 0 spiro atoms. The molecule has 0 aliphatic rings. The first-order valence-electron chi connectivity index (χ1n) is 8.42. The molecular formula is C20H22N4O2. The Labute approximate surface area is 153 Å². The number of methoxy groups -OCH3 is 1. The number of carbonyl (C=O) groups is 1. The van der Waals surface area contributed by atoms with E-state index < -0.39 is 0 Å². The molecule has 3 aromatic rings. The normalized spacial score (nSPS) is 11.9. The van der Waals surface area contributed by atoms with Gasteiger partial charge in [0.05, 0.1) is 24.9 Å². The Morgan fingerprint density at radius 2 is 2.08 bits per heavy atom. The van der Waals surface area contributed by atoms with Crippen LogP contribution >= 0.6 is 0 Å². The molecule has 0 saturated heterocycles. The number of ether oxygens (including phenoxy) is 1. The van der Waals surface area contributed by atoms with Crippen LogP contribution in [-0.2, 0) is 11.3 Å². The molecule has 0 radical (unpaired) electrons. The van der Waals surface area contributed by atoms with Crippen LogP contribution in [0.1, 0.15) is 27.7 Å². The zero-order valence-electron chi connectivity index (χ0n) is 14.9. The lowest BCUT2D eigenvalue weighted by molar-refractivity contribution is 0.0595. The molecule has 0 fully saturated rings. The van der Waals surface area contributed by atoms with Crippen molar-refractivity contribution in [1.29, 1.82) is 0 Å². The Bertz CT molecular complexity index is 834. The van der Waals surface area contributed by atoms with Crippen LogP contribution in [-0.4, -0.2) is 46.3 Å². The summed E-state index contributed by atoms with van der Waals surface area (Å²) in [5.41, 5.74) is 2.46. The standard InChI is InChI=1S/C20H22N4O2/c1-23(19(15-26-2)18-9-3-4-10-21-18)20(25)17-8-5-7-16(13-17)14-24-12-6-11-22-24/h3-13,19H,14-15H2,1-2H3/t19-/m1/s1. The third kappa shape index (κ3) is 4.15. The summed E-state index contributed by atoms with van der Waals surface area (Å²) >= 11 is 0. The van der Waals surface area contributed by atoms with Crippen molar-refractivity contribution in [2.45, 2.75) is 12.6 Å². The molecule has 6 nitrogen and oxygen atoms in total. The van der Waals surface area contributed by atoms with Gasteiger partial charge in [-0.3, -0.25) is 14.5 Å². The highest BCUT2D eigenvalue weighted by molar-refractivity contribution is 5.94. The second-order valence-corrected chi connectivity index (χ2v) is 6.05. The van der Waals surface area contributed by atoms with E-state index in [-0.39, 0.29) is 11.9 Å². The quantitative estimate of drug-likeness (QED) is 0.657. The Kier molecular flexibility index (Phi) is 5.76. The van der Waals surface area contributed by atoms with E-state index in [1.807, 2.05) is 59.4 Å². The Balaban J connectivity index is 1.80. The highest BCUT2D eigenvalue weighted by Crippen LogP contribution is 2.20. The highest BCUT2D eigenvalue weighted by atomic mass is 16.5. The second-order valence-electron chi connectivity index (χ2n) is 6.05. The maximum atomic E-state index is 13.0. The third-order valence-corrected chi connectivity index (χ3v) is 4.22. The SMILES string of the molecule is COC[C@H](c1ccccn1)N(C)C(=O)c1cccc(Cn2cccn2)c1. The summed E-state index contributed by atoms with van der Waals surface area (Å²) in [5.74, 6) is -0.0694. The van der Waals surface area contributed by atoms with Gasteiger partial charge in [-0.25, -0.2) is 0 Å². The van der Waals surface area contributed by atoms with Gasteiger partial charge < -0.3 is 9.64 Å². The Morgan fingerprint density at radius 3 is 2.77 bits per heavy atom. The van der Waals surface area contributed by atoms with E-state index in [0.29, 0.717) is 18.7 Å². The van der Waals surface area contributed by atoms with E-state index >= 15 is 0 Å². The minimum absolute atomic E-state index is 0.0694. The molecule has 2 aromatic heterocycles. The van der Waals surface area contributed by atoms with Crippen LogP contribution in [0, 0.1) is 0 Å². The summed E-state index contributed by atoms with van der Waals surface area (Å²) in [7, 11) is 3.40. The van der Waals surface area contributed by atoms with Crippen molar-refractivity contribution < 1.29 is 9.53 Å². The molecule has 1 amide bonds. The highest BCUT2D eigenvalue weighted by Gasteiger charge is 2.23. The monoisotopic (exact) mass is 350 g/mol. The van der Waals surface area contributed by atoms with Crippen molar-refractivity contribution in [1.82, 2.24) is 19.7 Å². The summed E-state index contributed by atoms with van der Waals surface area (Å²) in [6.07, 6.45) is 5.36. The zero-order chi connectivity index (χ0) is 18.4. The van der Waals surface area contributed by atoms with Crippen LogP contribution in [0.4, 0.5) is 0 Å². The lowest BCUT2D eigenvalue weighted by Crippen LogP contribution is -2.34. The molecule has 3 rings (SSSR count). The predicted octanol–water partition coefficient (Wildman–Crippen LogP) is 2.79. The predicted molar refractivity (Wildman–Crippen MR) is 98.7 cm³/mol. The van der Waals surface area contributed by atoms with Crippen LogP contribution < -0.4 is 0 Å². The average molecular weight is 350 g/mol. The number of nitrogens with zero attached hydrogens (tertiary/aromatic N) is 4. The number of benzene rings is 1. The molecule has 0 aliphatic carbocycles. The molecule has 0 unspecified atom stereocenters. The summed E-state index contributed by atoms with van der Waals surface area (Å²) in [4.78, 5) is 19.1. The number of carbonyl (C=O) groups excluding carboxylic acids is 1. The maximum Gasteiger partial charge on any atom is 0.254 e. The fourth-order valence-corrected chi connectivity index (χ4v) is 2.86. The topological polar surface area (TPSA) is 60.2 Å². The molecule has 0 N–H and O–H groups in total. The molecule has 2 heterocycles. The molecular weight excluding hydrogens is 328 g/mol. The molecule has 0 aliphatic heterocycles. The fourth-order valence-electron chi connectivity index (χ4n) is 2.86. The van der Waals surface area contributed by atoms with Crippen LogP contribution in [0.2, 0.25) is 0 Å². The number of hydrogen-bond donors (Lipinski definition) is 0. The van der Waals surface area contributed by atoms with Crippen LogP contribution in [0.25, 0.3) is 0 Å². The molecule has 26 heavy (non-hydrogen) atoms. The van der Waals surface area contributed by atoms with Crippen LogP contribution in [0.15, 0.2) is 67.1 Å². The van der Waals surface area contributed by atoms with Gasteiger partial charge in [0, 0.05) is 38.3 Å². The second kappa shape index (κ2) is 8.40. The van der Waals surface area contributed by atoms with Gasteiger partial charge in [0.2, 0.25) is 0 Å². The third-order valence-electron chi connectivity index (χ3n) is 4.22. The summed E-state index contributed by atoms with van der Waals surface area (Å²) < 4.78 is 7.14. The van der Waals surface area contributed by atoms with Gasteiger partial charge in [0.15, 0.2) is 0 Å². The summed E-state index contributed by atoms with van der Waals surface area (Å²) in [6, 6.07) is 14.9. The van der Waals surface area contributed by atoms with Crippen molar-refractivity contribution >= 4 is 5.91 Å². The first-order valence-corrected chi connectivity index (χ1v) is 8.42. The molecule has 1 aromatic carbocycles. The maximum absolute atomic E-state index is 13.0. The minimum atomic E-state index is -0.247. The van der Waals surface area contributed by atoms with Crippen molar-refractivity contribution in [2.24, 2.45) is 0 Å². The number of amides is 1. The lowest BCUT2D eigenvalue weighted by Gasteiger charge is -2.27. The van der Waals surface area contributed by atoms with Gasteiger partial charge in [-0.2, -0.15) is 5.10 Å². The van der Waals surface area contributed by atoms with Crippen molar-refractivity contribution in [2.75, 3.05) is 20.8 Å². The fraction of sp³-hybridized carbons (Fsp3) is 0.250. The number of hydrogen-bond acceptors (Lipinski definition) is 4. The van der Waals surface area contributed by atoms with Gasteiger partial charge in [-0.05, 0) is 35.9 Å². The van der Waals surface area contributed by atoms with Crippen LogP contribution in [0.5, 0.6) is 0 Å². The average Bonchev–Trinajstić information content (AvgIpc) is 3.19. The zero-order valence-corrected chi connectivity index (χ0v) is 14.9. The van der Waals surface area contributed by atoms with E-state index in [2.05, 4.69) is 10.1 Å². The van der Waals surface area contributed by atoms with E-state index in [9.17, 15) is 4.79 Å². The van der Waals surface area contributed by atoms with Crippen molar-refractivity contribution in [3.63, 3.8) is 0 Å². The Hall–Kier alpha value is -2.99. The summed E-state index contributed by atoms with van der Waals surface area (Å²) in [6.45, 7) is 1.01. The van der Waals surface area contributed by atoms with Crippen molar-refractivity contribution in [3.8, 4) is 0 Å². The van der Waals surface area contributed by atoms with Crippen molar-refractivity contribution in [3.05, 3.63) is 83.9 Å². The van der Waals surface area contributed by atoms with Gasteiger partial charge in [-0.15, -0.1) is 0 Å². The molecule has 0 saturated carbocycles. The Morgan fingerprint density at radius 1 is 1.19 bits per heavy atom. The number of rotatable bonds is 7. The lowest BCUT2D eigenvalue weighted by atomic mass is 10.1. The van der Waals surface area contributed by atoms with E-state index in [0.717, 1.165) is 11.3 Å². The van der Waals surface area contributed by atoms with Gasteiger partial charge in [-0.1, -0.05) is 18.2 Å². The molecule has 0 bridgehead atoms. The first-order chi connectivity index (χ1) is 12.7. The summed E-state index contributed by atoms with van der Waals surface area (Å²) in [5, 5.41) is 4.21. The van der Waals surface area contributed by atoms with E-state index in [4.69, 9.17) is 4.74 Å². The van der Waals surface area contributed by atoms with E-state index in [1.54, 1.807) is 31.5 Å². The number of aromatic nitrogens is 3. The van der Waals surface area contributed by atoms with Gasteiger partial charge in [0.25, 0.3) is 5.91 Å². The molecule has 134 valence electrons. The van der Waals surface area contributed by atoms with Gasteiger partial charge >= 0.3 is 0 Å². The number of pyridine rings is 1. The molecule has 1 atom stereocenters. The van der Waals surface area contributed by atoms with E-state index in [1.165, 1.54) is 0 Å². The van der Waals surface area contributed by atoms with Gasteiger partial charge in [0.1, 0.15) is 0 Å². The largest absolute Gasteiger partial charge is 0.382 e.